The summed E-state index contributed by atoms with van der Waals surface area (Å²) < 4.78 is 0. The predicted octanol–water partition coefficient (Wildman–Crippen LogP) is 4.99. The Balaban J connectivity index is 4.27. The molecule has 1 unspecified atom stereocenters. The lowest BCUT2D eigenvalue weighted by Gasteiger charge is -2.21. The van der Waals surface area contributed by atoms with E-state index >= 15 is 0 Å². The van der Waals surface area contributed by atoms with Crippen LogP contribution in [0.1, 0.15) is 32.6 Å². The Morgan fingerprint density at radius 1 is 1.07 bits per heavy atom. The van der Waals surface area contributed by atoms with Crippen LogP contribution in [0.5, 0.6) is 0 Å². The molecule has 0 saturated heterocycles. The summed E-state index contributed by atoms with van der Waals surface area (Å²) >= 11 is 0. The Labute approximate surface area is 96.2 Å². The summed E-state index contributed by atoms with van der Waals surface area (Å²) in [7, 11) is 0. The van der Waals surface area contributed by atoms with Crippen molar-refractivity contribution in [1.29, 1.82) is 0 Å². The van der Waals surface area contributed by atoms with Gasteiger partial charge in [0.25, 0.3) is 0 Å². The first kappa shape index (κ1) is 14.3. The molecule has 0 N–H and O–H groups in total. The average Bonchev–Trinajstić information content (AvgIpc) is 2.24. The van der Waals surface area contributed by atoms with E-state index in [2.05, 4.69) is 32.7 Å². The van der Waals surface area contributed by atoms with Gasteiger partial charge in [0.1, 0.15) is 0 Å². The van der Waals surface area contributed by atoms with Gasteiger partial charge >= 0.3 is 0 Å². The number of hydrogen-bond donors (Lipinski definition) is 0. The van der Waals surface area contributed by atoms with Crippen molar-refractivity contribution >= 4 is 6.71 Å². The molecule has 0 aromatic rings. The van der Waals surface area contributed by atoms with Crippen molar-refractivity contribution in [1.82, 2.24) is 0 Å². The van der Waals surface area contributed by atoms with Crippen LogP contribution in [-0.2, 0) is 0 Å². The quantitative estimate of drug-likeness (QED) is 0.347. The van der Waals surface area contributed by atoms with Crippen LogP contribution in [-0.4, -0.2) is 6.71 Å². The van der Waals surface area contributed by atoms with Crippen molar-refractivity contribution in [3.8, 4) is 0 Å². The van der Waals surface area contributed by atoms with Crippen molar-refractivity contribution in [3.05, 3.63) is 38.0 Å². The maximum atomic E-state index is 3.86. The van der Waals surface area contributed by atoms with E-state index < -0.39 is 0 Å². The van der Waals surface area contributed by atoms with Gasteiger partial charge in [-0.3, -0.25) is 0 Å². The first-order valence-electron chi connectivity index (χ1n) is 6.12. The molecule has 0 aliphatic heterocycles. The third kappa shape index (κ3) is 6.38. The minimum Gasteiger partial charge on any atom is -0.104 e. The maximum absolute atomic E-state index is 3.86. The van der Waals surface area contributed by atoms with Crippen LogP contribution in [0.3, 0.4) is 0 Å². The van der Waals surface area contributed by atoms with E-state index in [0.29, 0.717) is 6.71 Å². The summed E-state index contributed by atoms with van der Waals surface area (Å²) in [5.74, 6) is 0.762. The van der Waals surface area contributed by atoms with Gasteiger partial charge in [-0.2, -0.15) is 0 Å². The lowest BCUT2D eigenvalue weighted by Crippen LogP contribution is -2.18. The molecule has 0 saturated carbocycles. The molecule has 0 fully saturated rings. The highest BCUT2D eigenvalue weighted by Crippen LogP contribution is 2.28. The molecule has 0 aliphatic carbocycles. The third-order valence-corrected chi connectivity index (χ3v) is 3.00. The van der Waals surface area contributed by atoms with E-state index in [9.17, 15) is 0 Å². The second-order valence-corrected chi connectivity index (χ2v) is 4.24. The van der Waals surface area contributed by atoms with Gasteiger partial charge in [-0.25, -0.2) is 0 Å². The van der Waals surface area contributed by atoms with Crippen LogP contribution in [0.4, 0.5) is 0 Å². The molecular weight excluding hydrogens is 179 g/mol. The highest BCUT2D eigenvalue weighted by molar-refractivity contribution is 6.61. The lowest BCUT2D eigenvalue weighted by atomic mass is 9.36. The second-order valence-electron chi connectivity index (χ2n) is 4.24. The molecule has 0 amide bonds. The van der Waals surface area contributed by atoms with Crippen LogP contribution >= 0.6 is 0 Å². The van der Waals surface area contributed by atoms with Crippen LogP contribution in [0, 0.1) is 0 Å². The minimum atomic E-state index is 0.713. The molecule has 0 nitrogen and oxygen atoms in total. The predicted molar refractivity (Wildman–Crippen MR) is 73.9 cm³/mol. The number of allylic oxidation sites excluding steroid dienone is 3. The van der Waals surface area contributed by atoms with Gasteiger partial charge in [-0.15, -0.1) is 19.7 Å². The molecule has 0 aliphatic rings. The summed E-state index contributed by atoms with van der Waals surface area (Å²) in [4.78, 5) is 0. The Morgan fingerprint density at radius 3 is 2.07 bits per heavy atom. The van der Waals surface area contributed by atoms with Gasteiger partial charge in [0.05, 0.1) is 0 Å². The van der Waals surface area contributed by atoms with Crippen LogP contribution < -0.4 is 0 Å². The third-order valence-electron chi connectivity index (χ3n) is 3.00. The van der Waals surface area contributed by atoms with E-state index in [1.165, 1.54) is 19.3 Å². The van der Waals surface area contributed by atoms with E-state index in [1.54, 1.807) is 0 Å². The zero-order valence-electron chi connectivity index (χ0n) is 10.3. The summed E-state index contributed by atoms with van der Waals surface area (Å²) in [6.07, 6.45) is 13.4. The number of unbranched alkanes of at least 4 members (excludes halogenated alkanes) is 1. The van der Waals surface area contributed by atoms with Crippen molar-refractivity contribution in [2.24, 2.45) is 0 Å². The van der Waals surface area contributed by atoms with Crippen molar-refractivity contribution in [3.63, 3.8) is 0 Å². The molecule has 1 heteroatoms. The monoisotopic (exact) mass is 204 g/mol. The first-order valence-corrected chi connectivity index (χ1v) is 6.12. The van der Waals surface area contributed by atoms with Gasteiger partial charge in [0.2, 0.25) is 0 Å². The number of rotatable bonds is 10. The van der Waals surface area contributed by atoms with Gasteiger partial charge in [0, 0.05) is 0 Å². The fraction of sp³-hybridized carbons (Fsp3) is 0.571. The van der Waals surface area contributed by atoms with Gasteiger partial charge in [-0.1, -0.05) is 62.9 Å². The van der Waals surface area contributed by atoms with Gasteiger partial charge < -0.3 is 0 Å². The Morgan fingerprint density at radius 2 is 1.67 bits per heavy atom. The molecular formula is C14H25B. The Bertz CT molecular complexity index is 174. The highest BCUT2D eigenvalue weighted by atomic mass is 14.0. The zero-order chi connectivity index (χ0) is 11.5. The Hall–Kier alpha value is -0.715. The molecule has 0 rings (SSSR count). The van der Waals surface area contributed by atoms with E-state index in [4.69, 9.17) is 0 Å². The highest BCUT2D eigenvalue weighted by Gasteiger charge is 2.20. The van der Waals surface area contributed by atoms with Crippen LogP contribution in [0.2, 0.25) is 18.5 Å². The molecule has 0 aromatic carbocycles. The molecule has 0 radical (unpaired) electrons. The van der Waals surface area contributed by atoms with Gasteiger partial charge in [-0.05, 0) is 6.42 Å². The zero-order valence-corrected chi connectivity index (χ0v) is 10.3. The lowest BCUT2D eigenvalue weighted by molar-refractivity contribution is 0.661. The van der Waals surface area contributed by atoms with Crippen molar-refractivity contribution in [2.45, 2.75) is 51.1 Å². The molecule has 0 heterocycles. The molecule has 0 spiro atoms. The average molecular weight is 204 g/mol. The molecule has 1 atom stereocenters. The Kier molecular flexibility index (Phi) is 9.36. The smallest absolute Gasteiger partial charge is 0.104 e. The summed E-state index contributed by atoms with van der Waals surface area (Å²) in [5, 5.41) is 0. The normalized spacial score (nSPS) is 11.8. The summed E-state index contributed by atoms with van der Waals surface area (Å²) in [6.45, 7) is 14.5. The standard InChI is InChI=1S/C14H25B/c1-5-9-11-14(10-6-2)15(12-7-3)13-8-4/h6-8,14H,2-5,9-13H2,1H3. The van der Waals surface area contributed by atoms with E-state index in [1.807, 2.05) is 12.2 Å². The van der Waals surface area contributed by atoms with Crippen molar-refractivity contribution < 1.29 is 0 Å². The second kappa shape index (κ2) is 9.83. The summed E-state index contributed by atoms with van der Waals surface area (Å²) in [6, 6.07) is 0. The topological polar surface area (TPSA) is 0 Å². The first-order chi connectivity index (χ1) is 7.29. The van der Waals surface area contributed by atoms with E-state index in [0.717, 1.165) is 24.9 Å². The van der Waals surface area contributed by atoms with Crippen molar-refractivity contribution in [2.75, 3.05) is 0 Å². The van der Waals surface area contributed by atoms with Crippen LogP contribution in [0.15, 0.2) is 38.0 Å². The minimum absolute atomic E-state index is 0.713. The molecule has 84 valence electrons. The van der Waals surface area contributed by atoms with Crippen LogP contribution in [0.25, 0.3) is 0 Å². The molecule has 15 heavy (non-hydrogen) atoms. The number of hydrogen-bond acceptors (Lipinski definition) is 0. The van der Waals surface area contributed by atoms with Gasteiger partial charge in [0.15, 0.2) is 6.71 Å². The fourth-order valence-electron chi connectivity index (χ4n) is 2.14. The van der Waals surface area contributed by atoms with E-state index in [-0.39, 0.29) is 0 Å². The molecule has 0 aromatic heterocycles. The SMILES string of the molecule is C=CCB(CC=C)C(CC=C)CCCC. The fourth-order valence-corrected chi connectivity index (χ4v) is 2.14. The summed E-state index contributed by atoms with van der Waals surface area (Å²) in [5.41, 5.74) is 0. The largest absolute Gasteiger partial charge is 0.151 e. The molecule has 0 bridgehead atoms. The maximum Gasteiger partial charge on any atom is 0.151 e.